The molecule has 4 aliphatic rings. The third kappa shape index (κ3) is 4.91. The summed E-state index contributed by atoms with van der Waals surface area (Å²) in [5.74, 6) is 0.742. The lowest BCUT2D eigenvalue weighted by atomic mass is 9.87. The Kier molecular flexibility index (Phi) is 7.02. The molecule has 0 N–H and O–H groups in total. The lowest BCUT2D eigenvalue weighted by Crippen LogP contribution is -2.13. The molecule has 7 rings (SSSR count). The van der Waals surface area contributed by atoms with Crippen molar-refractivity contribution in [2.45, 2.75) is 44.9 Å². The number of allylic oxidation sites excluding steroid dienone is 9. The third-order valence-electron chi connectivity index (χ3n) is 8.65. The Hall–Kier alpha value is -4.01. The molecule has 0 bridgehead atoms. The van der Waals surface area contributed by atoms with Crippen molar-refractivity contribution in [1.29, 1.82) is 0 Å². The Morgan fingerprint density at radius 2 is 1.66 bits per heavy atom. The van der Waals surface area contributed by atoms with Crippen molar-refractivity contribution in [1.82, 2.24) is 0 Å². The molecule has 3 aromatic rings. The van der Waals surface area contributed by atoms with Crippen LogP contribution in [0.3, 0.4) is 0 Å². The molecule has 3 heteroatoms. The summed E-state index contributed by atoms with van der Waals surface area (Å²) in [5, 5.41) is 0.938. The van der Waals surface area contributed by atoms with Crippen LogP contribution in [0, 0.1) is 0 Å². The molecule has 0 spiro atoms. The summed E-state index contributed by atoms with van der Waals surface area (Å²) in [5.41, 5.74) is 15.1. The number of hydrogen-bond donors (Lipinski definition) is 0. The zero-order chi connectivity index (χ0) is 27.8. The van der Waals surface area contributed by atoms with E-state index in [0.29, 0.717) is 0 Å². The minimum Gasteiger partial charge on any atom is -0.270 e. The van der Waals surface area contributed by atoms with Crippen molar-refractivity contribution in [3.8, 4) is 0 Å². The van der Waals surface area contributed by atoms with Crippen molar-refractivity contribution in [2.24, 2.45) is 9.98 Å². The van der Waals surface area contributed by atoms with Crippen LogP contribution in [0.2, 0.25) is 0 Å². The van der Waals surface area contributed by atoms with Gasteiger partial charge in [-0.3, -0.25) is 4.99 Å². The fourth-order valence-corrected chi connectivity index (χ4v) is 6.84. The fourth-order valence-electron chi connectivity index (χ4n) is 6.64. The zero-order valence-electron chi connectivity index (χ0n) is 23.5. The highest BCUT2D eigenvalue weighted by atomic mass is 35.5. The Labute approximate surface area is 247 Å². The molecule has 0 heterocycles. The topological polar surface area (TPSA) is 24.7 Å². The molecule has 202 valence electrons. The summed E-state index contributed by atoms with van der Waals surface area (Å²) in [6, 6.07) is 24.2. The molecule has 0 radical (unpaired) electrons. The van der Waals surface area contributed by atoms with E-state index in [0.717, 1.165) is 78.2 Å². The first kappa shape index (κ1) is 25.9. The van der Waals surface area contributed by atoms with Gasteiger partial charge >= 0.3 is 0 Å². The van der Waals surface area contributed by atoms with Crippen LogP contribution in [0.1, 0.15) is 71.0 Å². The maximum absolute atomic E-state index is 6.57. The van der Waals surface area contributed by atoms with Gasteiger partial charge in [-0.1, -0.05) is 108 Å². The predicted octanol–water partition coefficient (Wildman–Crippen LogP) is 9.43. The summed E-state index contributed by atoms with van der Waals surface area (Å²) in [6.45, 7) is 0. The van der Waals surface area contributed by atoms with Crippen LogP contribution in [0.5, 0.6) is 0 Å². The van der Waals surface area contributed by atoms with Gasteiger partial charge in [0.2, 0.25) is 0 Å². The highest BCUT2D eigenvalue weighted by molar-refractivity contribution is 6.31. The fraction of sp³-hybridized carbons (Fsp3) is 0.211. The van der Waals surface area contributed by atoms with Crippen LogP contribution < -0.4 is 0 Å². The largest absolute Gasteiger partial charge is 0.270 e. The number of aliphatic imine (C=N–C) groups is 2. The molecule has 2 nitrogen and oxygen atoms in total. The second-order valence-electron chi connectivity index (χ2n) is 11.2. The summed E-state index contributed by atoms with van der Waals surface area (Å²) in [6.07, 6.45) is 18.6. The molecular weight excluding hydrogens is 520 g/mol. The van der Waals surface area contributed by atoms with Crippen LogP contribution in [0.4, 0.5) is 0 Å². The summed E-state index contributed by atoms with van der Waals surface area (Å²) in [4.78, 5) is 10.0. The first-order chi connectivity index (χ1) is 20.2. The van der Waals surface area contributed by atoms with Gasteiger partial charge in [-0.25, -0.2) is 4.99 Å². The van der Waals surface area contributed by atoms with Crippen LogP contribution in [0.15, 0.2) is 123 Å². The van der Waals surface area contributed by atoms with Gasteiger partial charge in [0.25, 0.3) is 0 Å². The van der Waals surface area contributed by atoms with Gasteiger partial charge in [0, 0.05) is 23.2 Å². The van der Waals surface area contributed by atoms with E-state index in [9.17, 15) is 0 Å². The van der Waals surface area contributed by atoms with Gasteiger partial charge in [0.1, 0.15) is 0 Å². The zero-order valence-corrected chi connectivity index (χ0v) is 24.2. The number of rotatable bonds is 4. The monoisotopic (exact) mass is 552 g/mol. The summed E-state index contributed by atoms with van der Waals surface area (Å²) >= 11 is 6.57. The average molecular weight is 553 g/mol. The molecule has 0 atom stereocenters. The van der Waals surface area contributed by atoms with Crippen molar-refractivity contribution >= 4 is 34.3 Å². The second-order valence-corrected chi connectivity index (χ2v) is 11.6. The van der Waals surface area contributed by atoms with Gasteiger partial charge in [0.05, 0.1) is 5.71 Å². The molecule has 0 fully saturated rings. The van der Waals surface area contributed by atoms with Crippen molar-refractivity contribution in [3.05, 3.63) is 152 Å². The van der Waals surface area contributed by atoms with E-state index < -0.39 is 0 Å². The molecule has 4 aliphatic carbocycles. The van der Waals surface area contributed by atoms with Crippen molar-refractivity contribution in [3.63, 3.8) is 0 Å². The van der Waals surface area contributed by atoms with Crippen molar-refractivity contribution < 1.29 is 0 Å². The lowest BCUT2D eigenvalue weighted by Gasteiger charge is -2.19. The van der Waals surface area contributed by atoms with Crippen LogP contribution in [0.25, 0.3) is 11.1 Å². The van der Waals surface area contributed by atoms with Gasteiger partial charge in [-0.2, -0.15) is 0 Å². The average Bonchev–Trinajstić information content (AvgIpc) is 3.40. The Morgan fingerprint density at radius 1 is 0.805 bits per heavy atom. The molecule has 0 saturated heterocycles. The van der Waals surface area contributed by atoms with E-state index in [1.54, 1.807) is 0 Å². The van der Waals surface area contributed by atoms with E-state index >= 15 is 0 Å². The van der Waals surface area contributed by atoms with E-state index in [-0.39, 0.29) is 0 Å². The summed E-state index contributed by atoms with van der Waals surface area (Å²) < 4.78 is 0. The number of halogens is 1. The minimum atomic E-state index is 0.742. The Balaban J connectivity index is 1.30. The number of aryl methyl sites for hydroxylation is 1. The quantitative estimate of drug-likeness (QED) is 0.227. The van der Waals surface area contributed by atoms with Crippen LogP contribution in [-0.4, -0.2) is 18.6 Å². The molecule has 3 aromatic carbocycles. The molecule has 0 aromatic heterocycles. The molecule has 41 heavy (non-hydrogen) atoms. The first-order valence-corrected chi connectivity index (χ1v) is 15.1. The molecule has 0 unspecified atom stereocenters. The summed E-state index contributed by atoms with van der Waals surface area (Å²) in [7, 11) is 1.84. The maximum Gasteiger partial charge on any atom is 0.154 e. The molecule has 0 saturated carbocycles. The first-order valence-electron chi connectivity index (χ1n) is 14.7. The SMILES string of the molecule is C/N=C(\N=C(/C1=CCCC=C1)c1cccc2c1C1=C(CCC(Cl)=C1)C2)c1ccc(C2=CCCc3ccccc32)cc1. The van der Waals surface area contributed by atoms with Gasteiger partial charge in [0.15, 0.2) is 5.84 Å². The maximum atomic E-state index is 6.57. The molecular formula is C38H33ClN2. The van der Waals surface area contributed by atoms with Crippen LogP contribution >= 0.6 is 11.6 Å². The normalized spacial score (nSPS) is 18.3. The highest BCUT2D eigenvalue weighted by Crippen LogP contribution is 2.43. The number of nitrogens with zero attached hydrogens (tertiary/aromatic N) is 2. The molecule has 0 aliphatic heterocycles. The standard InChI is InChI=1S/C38H33ClN2/c1-40-38(28-19-17-26(18-20-28)33-15-7-12-25-9-5-6-14-32(25)33)41-37(27-10-3-2-4-11-27)34-16-8-13-30-23-29-21-22-31(39)24-35(29)36(30)34/h3,5-6,8-11,13-20,24H,2,4,7,12,21-23H2,1H3/b40-38-,41-37+. The number of fused-ring (bicyclic) bond motifs is 3. The predicted molar refractivity (Wildman–Crippen MR) is 174 cm³/mol. The van der Waals surface area contributed by atoms with E-state index in [1.807, 2.05) is 7.05 Å². The number of amidine groups is 1. The highest BCUT2D eigenvalue weighted by Gasteiger charge is 2.28. The van der Waals surface area contributed by atoms with Gasteiger partial charge in [-0.15, -0.1) is 0 Å². The minimum absolute atomic E-state index is 0.742. The third-order valence-corrected chi connectivity index (χ3v) is 8.95. The lowest BCUT2D eigenvalue weighted by molar-refractivity contribution is 0.923. The van der Waals surface area contributed by atoms with E-state index in [2.05, 4.69) is 97.1 Å². The second kappa shape index (κ2) is 11.1. The van der Waals surface area contributed by atoms with Crippen LogP contribution in [-0.2, 0) is 12.8 Å². The Morgan fingerprint density at radius 3 is 2.49 bits per heavy atom. The van der Waals surface area contributed by atoms with Gasteiger partial charge in [-0.05, 0) is 95.6 Å². The van der Waals surface area contributed by atoms with E-state index in [4.69, 9.17) is 21.6 Å². The van der Waals surface area contributed by atoms with Gasteiger partial charge < -0.3 is 0 Å². The number of hydrogen-bond acceptors (Lipinski definition) is 1. The Bertz CT molecular complexity index is 1760. The smallest absolute Gasteiger partial charge is 0.154 e. The molecule has 0 amide bonds. The van der Waals surface area contributed by atoms with E-state index in [1.165, 1.54) is 44.5 Å². The number of benzene rings is 3. The van der Waals surface area contributed by atoms with Crippen molar-refractivity contribution in [2.75, 3.05) is 7.05 Å².